The van der Waals surface area contributed by atoms with Gasteiger partial charge in [-0.1, -0.05) is 29.3 Å². The van der Waals surface area contributed by atoms with Crippen LogP contribution in [0.15, 0.2) is 36.4 Å². The van der Waals surface area contributed by atoms with Crippen LogP contribution < -0.4 is 14.8 Å². The van der Waals surface area contributed by atoms with Crippen LogP contribution in [0.25, 0.3) is 0 Å². The predicted molar refractivity (Wildman–Crippen MR) is 111 cm³/mol. The number of hydrogen-bond donors (Lipinski definition) is 1. The van der Waals surface area contributed by atoms with Gasteiger partial charge in [-0.25, -0.2) is 0 Å². The molecule has 0 atom stereocenters. The Morgan fingerprint density at radius 3 is 2.43 bits per heavy atom. The first-order valence-corrected chi connectivity index (χ1v) is 10.2. The number of hydrogen-bond acceptors (Lipinski definition) is 4. The summed E-state index contributed by atoms with van der Waals surface area (Å²) in [7, 11) is 0. The van der Waals surface area contributed by atoms with Crippen molar-refractivity contribution in [2.24, 2.45) is 5.92 Å². The first-order chi connectivity index (χ1) is 13.6. The van der Waals surface area contributed by atoms with Crippen LogP contribution in [0.2, 0.25) is 10.0 Å². The second-order valence-corrected chi connectivity index (χ2v) is 7.91. The molecular formula is C21H22Cl2N2O3. The van der Waals surface area contributed by atoms with Gasteiger partial charge in [-0.2, -0.15) is 0 Å². The van der Waals surface area contributed by atoms with E-state index in [1.165, 1.54) is 0 Å². The normalized spacial score (nSPS) is 17.4. The smallest absolute Gasteiger partial charge is 0.227 e. The Kier molecular flexibility index (Phi) is 5.95. The standard InChI is InChI=1S/C21H22Cl2N2O3/c22-17-2-1-3-18(23)16(17)13-25-8-6-14(7-9-25)21(26)24-15-4-5-19-20(12-15)28-11-10-27-19/h1-5,12,14H,6-11,13H2,(H,24,26). The summed E-state index contributed by atoms with van der Waals surface area (Å²) >= 11 is 12.5. The van der Waals surface area contributed by atoms with Crippen molar-refractivity contribution >= 4 is 34.8 Å². The van der Waals surface area contributed by atoms with E-state index in [9.17, 15) is 4.79 Å². The molecule has 2 aliphatic rings. The van der Waals surface area contributed by atoms with E-state index in [-0.39, 0.29) is 11.8 Å². The Bertz CT molecular complexity index is 846. The molecule has 1 saturated heterocycles. The number of anilines is 1. The Labute approximate surface area is 174 Å². The molecule has 2 aromatic rings. The molecule has 0 spiro atoms. The van der Waals surface area contributed by atoms with E-state index in [0.29, 0.717) is 35.6 Å². The summed E-state index contributed by atoms with van der Waals surface area (Å²) < 4.78 is 11.1. The molecule has 4 rings (SSSR count). The lowest BCUT2D eigenvalue weighted by Crippen LogP contribution is -2.37. The van der Waals surface area contributed by atoms with Gasteiger partial charge in [-0.05, 0) is 50.2 Å². The van der Waals surface area contributed by atoms with Crippen LogP contribution in [0, 0.1) is 5.92 Å². The SMILES string of the molecule is O=C(Nc1ccc2c(c1)OCCO2)C1CCN(Cc2c(Cl)cccc2Cl)CC1. The van der Waals surface area contributed by atoms with Crippen molar-refractivity contribution in [1.82, 2.24) is 4.90 Å². The number of amides is 1. The molecule has 0 radical (unpaired) electrons. The number of fused-ring (bicyclic) bond motifs is 1. The van der Waals surface area contributed by atoms with Gasteiger partial charge in [0.1, 0.15) is 13.2 Å². The van der Waals surface area contributed by atoms with E-state index < -0.39 is 0 Å². The fraction of sp³-hybridized carbons (Fsp3) is 0.381. The van der Waals surface area contributed by atoms with Gasteiger partial charge in [0.25, 0.3) is 0 Å². The molecule has 5 nitrogen and oxygen atoms in total. The van der Waals surface area contributed by atoms with E-state index in [2.05, 4.69) is 10.2 Å². The number of carbonyl (C=O) groups is 1. The van der Waals surface area contributed by atoms with Crippen LogP contribution in [0.4, 0.5) is 5.69 Å². The third kappa shape index (κ3) is 4.37. The molecule has 1 amide bonds. The van der Waals surface area contributed by atoms with Gasteiger partial charge >= 0.3 is 0 Å². The van der Waals surface area contributed by atoms with Gasteiger partial charge in [0.15, 0.2) is 11.5 Å². The maximum Gasteiger partial charge on any atom is 0.227 e. The van der Waals surface area contributed by atoms with Crippen molar-refractivity contribution in [3.63, 3.8) is 0 Å². The molecule has 28 heavy (non-hydrogen) atoms. The molecule has 1 N–H and O–H groups in total. The van der Waals surface area contributed by atoms with E-state index >= 15 is 0 Å². The summed E-state index contributed by atoms with van der Waals surface area (Å²) in [5.74, 6) is 1.43. The zero-order valence-corrected chi connectivity index (χ0v) is 16.9. The fourth-order valence-electron chi connectivity index (χ4n) is 3.63. The van der Waals surface area contributed by atoms with Gasteiger partial charge in [0.05, 0.1) is 0 Å². The van der Waals surface area contributed by atoms with E-state index in [1.54, 1.807) is 0 Å². The minimum atomic E-state index is -0.00818. The highest BCUT2D eigenvalue weighted by Crippen LogP contribution is 2.33. The van der Waals surface area contributed by atoms with Crippen LogP contribution in [-0.2, 0) is 11.3 Å². The van der Waals surface area contributed by atoms with Gasteiger partial charge in [0, 0.05) is 39.8 Å². The van der Waals surface area contributed by atoms with Crippen molar-refractivity contribution in [2.45, 2.75) is 19.4 Å². The van der Waals surface area contributed by atoms with E-state index in [4.69, 9.17) is 32.7 Å². The maximum atomic E-state index is 12.7. The van der Waals surface area contributed by atoms with Gasteiger partial charge < -0.3 is 14.8 Å². The first kappa shape index (κ1) is 19.4. The van der Waals surface area contributed by atoms with Crippen molar-refractivity contribution < 1.29 is 14.3 Å². The quantitative estimate of drug-likeness (QED) is 0.783. The van der Waals surface area contributed by atoms with Crippen molar-refractivity contribution in [3.05, 3.63) is 52.0 Å². The molecule has 2 aliphatic heterocycles. The van der Waals surface area contributed by atoms with Crippen molar-refractivity contribution in [1.29, 1.82) is 0 Å². The van der Waals surface area contributed by atoms with Crippen LogP contribution in [0.1, 0.15) is 18.4 Å². The second-order valence-electron chi connectivity index (χ2n) is 7.10. The number of piperidine rings is 1. The van der Waals surface area contributed by atoms with E-state index in [0.717, 1.165) is 42.9 Å². The minimum Gasteiger partial charge on any atom is -0.486 e. The van der Waals surface area contributed by atoms with Crippen LogP contribution in [-0.4, -0.2) is 37.1 Å². The third-order valence-corrected chi connectivity index (χ3v) is 5.92. The molecule has 2 aromatic carbocycles. The molecule has 2 heterocycles. The summed E-state index contributed by atoms with van der Waals surface area (Å²) in [5, 5.41) is 4.38. The summed E-state index contributed by atoms with van der Waals surface area (Å²) in [5.41, 5.74) is 1.68. The average Bonchev–Trinajstić information content (AvgIpc) is 2.71. The zero-order chi connectivity index (χ0) is 19.5. The number of likely N-dealkylation sites (tertiary alicyclic amines) is 1. The number of nitrogens with zero attached hydrogens (tertiary/aromatic N) is 1. The second kappa shape index (κ2) is 8.60. The lowest BCUT2D eigenvalue weighted by atomic mass is 9.95. The summed E-state index contributed by atoms with van der Waals surface area (Å²) in [6.45, 7) is 3.45. The molecule has 7 heteroatoms. The number of halogens is 2. The Balaban J connectivity index is 1.32. The molecule has 0 saturated carbocycles. The highest BCUT2D eigenvalue weighted by Gasteiger charge is 2.26. The molecule has 148 valence electrons. The van der Waals surface area contributed by atoms with Gasteiger partial charge in [0.2, 0.25) is 5.91 Å². The van der Waals surface area contributed by atoms with Crippen LogP contribution >= 0.6 is 23.2 Å². The first-order valence-electron chi connectivity index (χ1n) is 9.46. The lowest BCUT2D eigenvalue weighted by Gasteiger charge is -2.31. The summed E-state index contributed by atoms with van der Waals surface area (Å²) in [6, 6.07) is 11.1. The fourth-order valence-corrected chi connectivity index (χ4v) is 4.14. The molecule has 0 bridgehead atoms. The Morgan fingerprint density at radius 1 is 1.04 bits per heavy atom. The van der Waals surface area contributed by atoms with Gasteiger partial charge in [-0.15, -0.1) is 0 Å². The number of benzene rings is 2. The highest BCUT2D eigenvalue weighted by atomic mass is 35.5. The number of ether oxygens (including phenoxy) is 2. The summed E-state index contributed by atoms with van der Waals surface area (Å²) in [4.78, 5) is 15.0. The number of nitrogens with one attached hydrogen (secondary N) is 1. The molecule has 0 aliphatic carbocycles. The highest BCUT2D eigenvalue weighted by molar-refractivity contribution is 6.35. The topological polar surface area (TPSA) is 50.8 Å². The van der Waals surface area contributed by atoms with Crippen LogP contribution in [0.3, 0.4) is 0 Å². The largest absolute Gasteiger partial charge is 0.486 e. The number of rotatable bonds is 4. The molecule has 0 aromatic heterocycles. The maximum absolute atomic E-state index is 12.7. The lowest BCUT2D eigenvalue weighted by molar-refractivity contribution is -0.121. The summed E-state index contributed by atoms with van der Waals surface area (Å²) in [6.07, 6.45) is 1.61. The predicted octanol–water partition coefficient (Wildman–Crippen LogP) is 4.62. The molecule has 1 fully saturated rings. The monoisotopic (exact) mass is 420 g/mol. The van der Waals surface area contributed by atoms with Gasteiger partial charge in [-0.3, -0.25) is 9.69 Å². The molecular weight excluding hydrogens is 399 g/mol. The van der Waals surface area contributed by atoms with Crippen molar-refractivity contribution in [2.75, 3.05) is 31.6 Å². The van der Waals surface area contributed by atoms with Crippen molar-refractivity contribution in [3.8, 4) is 11.5 Å². The number of carbonyl (C=O) groups excluding carboxylic acids is 1. The minimum absolute atomic E-state index is 0.00818. The Morgan fingerprint density at radius 2 is 1.71 bits per heavy atom. The average molecular weight is 421 g/mol. The molecule has 0 unspecified atom stereocenters. The van der Waals surface area contributed by atoms with Crippen LogP contribution in [0.5, 0.6) is 11.5 Å². The third-order valence-electron chi connectivity index (χ3n) is 5.21. The Hall–Kier alpha value is -1.95. The van der Waals surface area contributed by atoms with E-state index in [1.807, 2.05) is 36.4 Å². The zero-order valence-electron chi connectivity index (χ0n) is 15.4.